The zero-order chi connectivity index (χ0) is 21.1. The number of aromatic amines is 1. The molecule has 1 heterocycles. The number of benzene rings is 3. The highest BCUT2D eigenvalue weighted by Crippen LogP contribution is 2.32. The van der Waals surface area contributed by atoms with E-state index in [0.717, 1.165) is 22.0 Å². The van der Waals surface area contributed by atoms with Crippen LogP contribution in [0.5, 0.6) is 0 Å². The predicted octanol–water partition coefficient (Wildman–Crippen LogP) is 5.61. The average Bonchev–Trinajstić information content (AvgIpc) is 2.77. The van der Waals surface area contributed by atoms with Crippen molar-refractivity contribution >= 4 is 22.4 Å². The molecule has 0 aliphatic carbocycles. The van der Waals surface area contributed by atoms with E-state index in [-0.39, 0.29) is 22.8 Å². The van der Waals surface area contributed by atoms with Crippen molar-refractivity contribution < 1.29 is 4.79 Å². The van der Waals surface area contributed by atoms with Crippen molar-refractivity contribution in [1.82, 2.24) is 4.98 Å². The Bertz CT molecular complexity index is 1240. The number of hydrogen-bond acceptors (Lipinski definition) is 3. The zero-order valence-corrected chi connectivity index (χ0v) is 17.1. The SMILES string of the molecule is CC(=O)c1c(NCC(C)c2ccccc2)c2cccc(-c3ccccc3)c2[nH]c1=O. The Balaban J connectivity index is 1.83. The van der Waals surface area contributed by atoms with Gasteiger partial charge in [-0.25, -0.2) is 0 Å². The van der Waals surface area contributed by atoms with Crippen molar-refractivity contribution in [2.45, 2.75) is 19.8 Å². The number of anilines is 1. The van der Waals surface area contributed by atoms with Gasteiger partial charge in [-0.05, 0) is 24.0 Å². The molecule has 0 aliphatic heterocycles. The molecule has 1 unspecified atom stereocenters. The normalized spacial score (nSPS) is 11.9. The highest BCUT2D eigenvalue weighted by atomic mass is 16.1. The minimum atomic E-state index is -0.367. The monoisotopic (exact) mass is 396 g/mol. The highest BCUT2D eigenvalue weighted by Gasteiger charge is 2.19. The highest BCUT2D eigenvalue weighted by molar-refractivity contribution is 6.09. The second kappa shape index (κ2) is 8.37. The quantitative estimate of drug-likeness (QED) is 0.416. The number of para-hydroxylation sites is 1. The van der Waals surface area contributed by atoms with Gasteiger partial charge in [0.2, 0.25) is 0 Å². The van der Waals surface area contributed by atoms with Crippen LogP contribution >= 0.6 is 0 Å². The third-order valence-electron chi connectivity index (χ3n) is 5.44. The van der Waals surface area contributed by atoms with Gasteiger partial charge in [-0.15, -0.1) is 0 Å². The summed E-state index contributed by atoms with van der Waals surface area (Å²) in [7, 11) is 0. The molecule has 1 atom stereocenters. The molecule has 0 saturated carbocycles. The molecule has 30 heavy (non-hydrogen) atoms. The molecule has 4 rings (SSSR count). The third-order valence-corrected chi connectivity index (χ3v) is 5.44. The van der Waals surface area contributed by atoms with E-state index in [9.17, 15) is 9.59 Å². The van der Waals surface area contributed by atoms with Gasteiger partial charge in [0, 0.05) is 17.5 Å². The molecule has 4 nitrogen and oxygen atoms in total. The van der Waals surface area contributed by atoms with E-state index >= 15 is 0 Å². The fraction of sp³-hybridized carbons (Fsp3) is 0.154. The Morgan fingerprint density at radius 1 is 0.933 bits per heavy atom. The first-order valence-corrected chi connectivity index (χ1v) is 10.1. The van der Waals surface area contributed by atoms with Gasteiger partial charge < -0.3 is 10.3 Å². The standard InChI is InChI=1S/C26H24N2O2/c1-17(19-10-5-3-6-11-19)16-27-25-22-15-9-14-21(20-12-7-4-8-13-20)24(22)28-26(30)23(25)18(2)29/h3-15,17H,16H2,1-2H3,(H2,27,28,30). The summed E-state index contributed by atoms with van der Waals surface area (Å²) in [5.41, 5.74) is 4.28. The van der Waals surface area contributed by atoms with Crippen LogP contribution in [0.3, 0.4) is 0 Å². The van der Waals surface area contributed by atoms with Crippen molar-refractivity contribution in [2.24, 2.45) is 0 Å². The van der Waals surface area contributed by atoms with Crippen LogP contribution in [-0.4, -0.2) is 17.3 Å². The van der Waals surface area contributed by atoms with Gasteiger partial charge >= 0.3 is 0 Å². The van der Waals surface area contributed by atoms with E-state index in [1.807, 2.05) is 66.7 Å². The van der Waals surface area contributed by atoms with Crippen molar-refractivity contribution in [2.75, 3.05) is 11.9 Å². The largest absolute Gasteiger partial charge is 0.383 e. The van der Waals surface area contributed by atoms with Crippen LogP contribution in [-0.2, 0) is 0 Å². The number of nitrogens with one attached hydrogen (secondary N) is 2. The molecule has 4 aromatic rings. The smallest absolute Gasteiger partial charge is 0.261 e. The fourth-order valence-corrected chi connectivity index (χ4v) is 3.85. The van der Waals surface area contributed by atoms with Crippen LogP contribution in [0.15, 0.2) is 83.7 Å². The van der Waals surface area contributed by atoms with E-state index in [0.29, 0.717) is 12.2 Å². The number of H-pyrrole nitrogens is 1. The average molecular weight is 396 g/mol. The van der Waals surface area contributed by atoms with Crippen LogP contribution < -0.4 is 10.9 Å². The number of aromatic nitrogens is 1. The molecule has 0 amide bonds. The van der Waals surface area contributed by atoms with Crippen molar-refractivity contribution in [3.8, 4) is 11.1 Å². The van der Waals surface area contributed by atoms with Gasteiger partial charge in [0.15, 0.2) is 5.78 Å². The second-order valence-electron chi connectivity index (χ2n) is 7.55. The van der Waals surface area contributed by atoms with Crippen molar-refractivity contribution in [3.05, 3.63) is 100 Å². The molecule has 2 N–H and O–H groups in total. The van der Waals surface area contributed by atoms with Gasteiger partial charge in [0.05, 0.1) is 11.2 Å². The van der Waals surface area contributed by atoms with Crippen LogP contribution in [0.4, 0.5) is 5.69 Å². The number of pyridine rings is 1. The number of hydrogen-bond donors (Lipinski definition) is 2. The molecule has 4 heteroatoms. The van der Waals surface area contributed by atoms with E-state index in [2.05, 4.69) is 29.4 Å². The Hall–Kier alpha value is -3.66. The summed E-state index contributed by atoms with van der Waals surface area (Å²) in [5, 5.41) is 4.25. The maximum atomic E-state index is 12.9. The Morgan fingerprint density at radius 2 is 1.60 bits per heavy atom. The van der Waals surface area contributed by atoms with E-state index in [4.69, 9.17) is 0 Å². The minimum Gasteiger partial charge on any atom is -0.383 e. The summed E-state index contributed by atoms with van der Waals surface area (Å²) in [6, 6.07) is 26.0. The lowest BCUT2D eigenvalue weighted by Gasteiger charge is -2.18. The summed E-state index contributed by atoms with van der Waals surface area (Å²) in [6.45, 7) is 4.17. The number of fused-ring (bicyclic) bond motifs is 1. The number of carbonyl (C=O) groups is 1. The lowest BCUT2D eigenvalue weighted by molar-refractivity contribution is 0.101. The summed E-state index contributed by atoms with van der Waals surface area (Å²) < 4.78 is 0. The molecule has 150 valence electrons. The maximum Gasteiger partial charge on any atom is 0.261 e. The predicted molar refractivity (Wildman–Crippen MR) is 123 cm³/mol. The lowest BCUT2D eigenvalue weighted by Crippen LogP contribution is -2.21. The second-order valence-corrected chi connectivity index (χ2v) is 7.55. The Labute approximate surface area is 175 Å². The fourth-order valence-electron chi connectivity index (χ4n) is 3.85. The molecule has 0 aliphatic rings. The topological polar surface area (TPSA) is 62.0 Å². The lowest BCUT2D eigenvalue weighted by atomic mass is 9.98. The first-order valence-electron chi connectivity index (χ1n) is 10.1. The van der Waals surface area contributed by atoms with Crippen LogP contribution in [0, 0.1) is 0 Å². The molecule has 0 fully saturated rings. The molecule has 0 bridgehead atoms. The van der Waals surface area contributed by atoms with Gasteiger partial charge in [-0.2, -0.15) is 0 Å². The van der Waals surface area contributed by atoms with Crippen molar-refractivity contribution in [3.63, 3.8) is 0 Å². The molecule has 0 radical (unpaired) electrons. The van der Waals surface area contributed by atoms with Crippen LogP contribution in [0.2, 0.25) is 0 Å². The maximum absolute atomic E-state index is 12.9. The van der Waals surface area contributed by atoms with Gasteiger partial charge in [-0.1, -0.05) is 85.8 Å². The number of ketones is 1. The Morgan fingerprint density at radius 3 is 2.27 bits per heavy atom. The third kappa shape index (κ3) is 3.77. The minimum absolute atomic E-state index is 0.174. The molecule has 0 saturated heterocycles. The van der Waals surface area contributed by atoms with Gasteiger partial charge in [0.25, 0.3) is 5.56 Å². The number of carbonyl (C=O) groups excluding carboxylic acids is 1. The van der Waals surface area contributed by atoms with Crippen LogP contribution in [0.25, 0.3) is 22.0 Å². The van der Waals surface area contributed by atoms with Gasteiger partial charge in [-0.3, -0.25) is 9.59 Å². The van der Waals surface area contributed by atoms with E-state index in [1.165, 1.54) is 12.5 Å². The number of rotatable bonds is 6. The molecule has 0 spiro atoms. The zero-order valence-electron chi connectivity index (χ0n) is 17.1. The molecular weight excluding hydrogens is 372 g/mol. The van der Waals surface area contributed by atoms with Crippen molar-refractivity contribution in [1.29, 1.82) is 0 Å². The summed E-state index contributed by atoms with van der Waals surface area (Å²) in [5.74, 6) is -0.0317. The summed E-state index contributed by atoms with van der Waals surface area (Å²) >= 11 is 0. The first-order chi connectivity index (χ1) is 14.6. The first kappa shape index (κ1) is 19.6. The van der Waals surface area contributed by atoms with E-state index in [1.54, 1.807) is 0 Å². The summed E-state index contributed by atoms with van der Waals surface area (Å²) in [4.78, 5) is 28.2. The Kier molecular flexibility index (Phi) is 5.48. The molecular formula is C26H24N2O2. The van der Waals surface area contributed by atoms with Gasteiger partial charge in [0.1, 0.15) is 5.56 Å². The molecule has 1 aromatic heterocycles. The summed E-state index contributed by atoms with van der Waals surface area (Å²) in [6.07, 6.45) is 0. The van der Waals surface area contributed by atoms with E-state index < -0.39 is 0 Å². The molecule has 3 aromatic carbocycles. The van der Waals surface area contributed by atoms with Crippen LogP contribution in [0.1, 0.15) is 35.7 Å². The number of Topliss-reactive ketones (excluding diaryl/α,β-unsaturated/α-hetero) is 1.